The molecule has 2 nitrogen and oxygen atoms in total. The van der Waals surface area contributed by atoms with Gasteiger partial charge in [-0.2, -0.15) is 0 Å². The van der Waals surface area contributed by atoms with E-state index in [2.05, 4.69) is 0 Å². The molecule has 0 N–H and O–H groups in total. The molecule has 0 bridgehead atoms. The molecule has 0 unspecified atom stereocenters. The standard InChI is InChI=1S/C24BF20.C9H14NOS/c26-5-1(6(27)14(35)21(42)13(5)34)25(2-7(28)15(36)22(43)16(37)8(2)29,3-9(30)17(38)23(44)18(39)10(3)31)4-11(32)19(40)24(45)20(41)12(4)33;1-2-4-9(5-3-1)11-10-6-7-12-8-10/h;6-9H,1-5H2/q-1;+1. The lowest BCUT2D eigenvalue weighted by atomic mass is 9.12. The molecule has 4 aromatic carbocycles. The summed E-state index contributed by atoms with van der Waals surface area (Å²) in [5.41, 5.74) is -12.3. The lowest BCUT2D eigenvalue weighted by Gasteiger charge is -2.44. The fourth-order valence-electron chi connectivity index (χ4n) is 6.50. The molecule has 1 aromatic heterocycles. The smallest absolute Gasteiger partial charge is 0.267 e. The van der Waals surface area contributed by atoms with Gasteiger partial charge in [0, 0.05) is 4.73 Å². The van der Waals surface area contributed by atoms with Crippen LogP contribution < -0.4 is 31.4 Å². The van der Waals surface area contributed by atoms with Gasteiger partial charge in [-0.3, -0.25) is 4.84 Å². The minimum atomic E-state index is -7.22. The van der Waals surface area contributed by atoms with Crippen LogP contribution in [0.2, 0.25) is 0 Å². The lowest BCUT2D eigenvalue weighted by molar-refractivity contribution is -0.896. The van der Waals surface area contributed by atoms with Gasteiger partial charge in [0.1, 0.15) is 52.7 Å². The molecule has 1 heterocycles. The molecule has 57 heavy (non-hydrogen) atoms. The van der Waals surface area contributed by atoms with Crippen molar-refractivity contribution in [1.82, 2.24) is 0 Å². The summed E-state index contributed by atoms with van der Waals surface area (Å²) in [6.07, 6.45) is 1.70. The Bertz CT molecular complexity index is 2000. The summed E-state index contributed by atoms with van der Waals surface area (Å²) in [4.78, 5) is 5.72. The summed E-state index contributed by atoms with van der Waals surface area (Å²) >= 11 is 1.67. The maximum absolute atomic E-state index is 15.4. The van der Waals surface area contributed by atoms with E-state index in [4.69, 9.17) is 4.84 Å². The maximum atomic E-state index is 15.4. The molecule has 1 saturated carbocycles. The van der Waals surface area contributed by atoms with Gasteiger partial charge in [0.05, 0.1) is 5.38 Å². The summed E-state index contributed by atoms with van der Waals surface area (Å²) in [6, 6.07) is 0. The van der Waals surface area contributed by atoms with Crippen molar-refractivity contribution in [3.8, 4) is 0 Å². The Kier molecular flexibility index (Phi) is 12.2. The summed E-state index contributed by atoms with van der Waals surface area (Å²) in [6.45, 7) is 0. The van der Waals surface area contributed by atoms with Crippen LogP contribution in [0.1, 0.15) is 32.1 Å². The van der Waals surface area contributed by atoms with Gasteiger partial charge in [-0.1, -0.05) is 17.8 Å². The van der Waals surface area contributed by atoms with E-state index in [0.29, 0.717) is 6.10 Å². The lowest BCUT2D eigenvalue weighted by Crippen LogP contribution is -2.81. The van der Waals surface area contributed by atoms with Gasteiger partial charge in [-0.15, -0.1) is 21.9 Å². The Morgan fingerprint density at radius 2 is 0.632 bits per heavy atom. The first-order chi connectivity index (χ1) is 26.7. The van der Waals surface area contributed by atoms with Crippen molar-refractivity contribution in [2.24, 2.45) is 0 Å². The second kappa shape index (κ2) is 16.1. The zero-order valence-electron chi connectivity index (χ0n) is 27.2. The third-order valence-corrected chi connectivity index (χ3v) is 9.59. The number of aromatic nitrogens is 1. The number of nitrogens with zero attached hydrogens (tertiary/aromatic N) is 1. The SMILES string of the molecule is Fc1c(F)c(F)c([B-](c2c(F)c(F)c(F)c(F)c2F)(c2c(F)c(F)c(F)c(F)c2F)c2c(F)c(F)c(F)c(F)c2F)c(F)c1F.c1c[n+](OC2CCCCC2)cs1. The first-order valence-electron chi connectivity index (χ1n) is 15.5. The van der Waals surface area contributed by atoms with E-state index in [9.17, 15) is 52.7 Å². The topological polar surface area (TPSA) is 13.1 Å². The van der Waals surface area contributed by atoms with Crippen LogP contribution in [0.15, 0.2) is 17.1 Å². The summed E-state index contributed by atoms with van der Waals surface area (Å²) in [5, 5.41) is 2.03. The minimum Gasteiger partial charge on any atom is -0.267 e. The molecular formula is C33H14BF20NOS. The van der Waals surface area contributed by atoms with E-state index in [0.717, 1.165) is 0 Å². The molecule has 0 aliphatic heterocycles. The molecule has 6 rings (SSSR count). The Morgan fingerprint density at radius 3 is 0.860 bits per heavy atom. The highest BCUT2D eigenvalue weighted by molar-refractivity contribution is 7.20. The van der Waals surface area contributed by atoms with E-state index >= 15 is 35.1 Å². The minimum absolute atomic E-state index is 0.457. The molecule has 24 heteroatoms. The molecule has 0 spiro atoms. The van der Waals surface area contributed by atoms with Crippen LogP contribution in [-0.2, 0) is 0 Å². The Hall–Kier alpha value is -5.03. The Morgan fingerprint density at radius 1 is 0.386 bits per heavy atom. The van der Waals surface area contributed by atoms with Crippen molar-refractivity contribution < 1.29 is 97.4 Å². The average Bonchev–Trinajstić information content (AvgIpc) is 3.71. The van der Waals surface area contributed by atoms with Crippen molar-refractivity contribution in [1.29, 1.82) is 0 Å². The summed E-state index contributed by atoms with van der Waals surface area (Å²) in [5.74, 6) is -71.4. The van der Waals surface area contributed by atoms with Gasteiger partial charge in [0.15, 0.2) is 75.9 Å². The second-order valence-corrected chi connectivity index (χ2v) is 12.8. The first kappa shape index (κ1) is 43.1. The molecule has 0 saturated heterocycles. The van der Waals surface area contributed by atoms with Crippen LogP contribution in [0.25, 0.3) is 0 Å². The van der Waals surface area contributed by atoms with Gasteiger partial charge in [0.25, 0.3) is 5.51 Å². The second-order valence-electron chi connectivity index (χ2n) is 12.1. The highest BCUT2D eigenvalue weighted by Crippen LogP contribution is 2.31. The van der Waals surface area contributed by atoms with Crippen LogP contribution >= 0.6 is 11.3 Å². The predicted molar refractivity (Wildman–Crippen MR) is 157 cm³/mol. The predicted octanol–water partition coefficient (Wildman–Crippen LogP) is 7.64. The van der Waals surface area contributed by atoms with E-state index < -0.39 is 144 Å². The Labute approximate surface area is 308 Å². The van der Waals surface area contributed by atoms with Crippen LogP contribution in [-0.4, -0.2) is 12.2 Å². The van der Waals surface area contributed by atoms with Gasteiger partial charge in [-0.05, 0) is 25.7 Å². The molecule has 0 amide bonds. The van der Waals surface area contributed by atoms with Crippen LogP contribution in [0.5, 0.6) is 0 Å². The number of thiazole rings is 1. The van der Waals surface area contributed by atoms with Gasteiger partial charge >= 0.3 is 0 Å². The third kappa shape index (κ3) is 6.81. The Balaban J connectivity index is 0.000000436. The van der Waals surface area contributed by atoms with Gasteiger partial charge in [0.2, 0.25) is 6.20 Å². The first-order valence-corrected chi connectivity index (χ1v) is 16.4. The average molecular weight is 863 g/mol. The van der Waals surface area contributed by atoms with E-state index in [1.807, 2.05) is 21.8 Å². The van der Waals surface area contributed by atoms with Crippen molar-refractivity contribution >= 4 is 39.3 Å². The molecule has 0 radical (unpaired) electrons. The molecule has 1 aliphatic carbocycles. The monoisotopic (exact) mass is 863 g/mol. The van der Waals surface area contributed by atoms with Crippen molar-refractivity contribution in [3.05, 3.63) is 133 Å². The molecule has 5 aromatic rings. The van der Waals surface area contributed by atoms with Crippen molar-refractivity contribution in [3.63, 3.8) is 0 Å². The number of benzene rings is 4. The fourth-order valence-corrected chi connectivity index (χ4v) is 7.00. The number of rotatable bonds is 6. The summed E-state index contributed by atoms with van der Waals surface area (Å²) < 4.78 is 296. The van der Waals surface area contributed by atoms with Crippen LogP contribution in [0, 0.1) is 116 Å². The normalized spacial score (nSPS) is 13.5. The zero-order chi connectivity index (χ0) is 42.6. The molecule has 306 valence electrons. The van der Waals surface area contributed by atoms with E-state index in [1.54, 1.807) is 11.3 Å². The van der Waals surface area contributed by atoms with Crippen molar-refractivity contribution in [2.45, 2.75) is 38.2 Å². The van der Waals surface area contributed by atoms with E-state index in [-0.39, 0.29) is 0 Å². The van der Waals surface area contributed by atoms with Gasteiger partial charge < -0.3 is 0 Å². The highest BCUT2D eigenvalue weighted by atomic mass is 32.1. The fraction of sp³-hybridized carbons (Fsp3) is 0.182. The van der Waals surface area contributed by atoms with Crippen molar-refractivity contribution in [2.75, 3.05) is 0 Å². The summed E-state index contributed by atoms with van der Waals surface area (Å²) in [7, 11) is 0. The van der Waals surface area contributed by atoms with E-state index in [1.165, 1.54) is 32.1 Å². The largest absolute Gasteiger partial charge is 0.276 e. The van der Waals surface area contributed by atoms with Gasteiger partial charge in [-0.25, -0.2) is 87.8 Å². The zero-order valence-corrected chi connectivity index (χ0v) is 28.1. The molecule has 1 aliphatic rings. The maximum Gasteiger partial charge on any atom is 0.276 e. The van der Waals surface area contributed by atoms with Crippen LogP contribution in [0.4, 0.5) is 87.8 Å². The molecular weight excluding hydrogens is 849 g/mol. The number of halogens is 20. The number of hydrogen-bond acceptors (Lipinski definition) is 2. The third-order valence-electron chi connectivity index (χ3n) is 8.98. The highest BCUT2D eigenvalue weighted by Gasteiger charge is 2.52. The molecule has 1 fully saturated rings. The van der Waals surface area contributed by atoms with Crippen LogP contribution in [0.3, 0.4) is 0 Å². The quantitative estimate of drug-likeness (QED) is 0.0563. The molecule has 0 atom stereocenters. The number of hydrogen-bond donors (Lipinski definition) is 0.